The number of amides is 1. The van der Waals surface area contributed by atoms with Gasteiger partial charge in [-0.2, -0.15) is 0 Å². The van der Waals surface area contributed by atoms with Crippen LogP contribution in [0, 0.1) is 0 Å². The zero-order valence-corrected chi connectivity index (χ0v) is 12.0. The Bertz CT molecular complexity index is 615. The number of rotatable bonds is 1. The third-order valence-corrected chi connectivity index (χ3v) is 4.24. The highest BCUT2D eigenvalue weighted by Gasteiger charge is 2.24. The third kappa shape index (κ3) is 2.40. The van der Waals surface area contributed by atoms with E-state index in [0.29, 0.717) is 18.8 Å². The molecule has 0 aliphatic carbocycles. The molecule has 0 atom stereocenters. The smallest absolute Gasteiger partial charge is 0.289 e. The van der Waals surface area contributed by atoms with E-state index in [2.05, 4.69) is 15.9 Å². The molecule has 1 aliphatic heterocycles. The molecule has 0 spiro atoms. The summed E-state index contributed by atoms with van der Waals surface area (Å²) in [5, 5.41) is 0.930. The monoisotopic (exact) mass is 322 g/mol. The van der Waals surface area contributed by atoms with Crippen LogP contribution in [0.3, 0.4) is 0 Å². The largest absolute Gasteiger partial charge is 0.451 e. The first-order valence-corrected chi connectivity index (χ1v) is 7.17. The van der Waals surface area contributed by atoms with Crippen LogP contribution in [0.25, 0.3) is 11.0 Å². The Morgan fingerprint density at radius 1 is 1.37 bits per heavy atom. The number of fused-ring (bicyclic) bond motifs is 1. The van der Waals surface area contributed by atoms with Gasteiger partial charge in [-0.3, -0.25) is 4.79 Å². The van der Waals surface area contributed by atoms with Crippen LogP contribution in [0.4, 0.5) is 0 Å². The van der Waals surface area contributed by atoms with E-state index in [4.69, 9.17) is 10.2 Å². The second-order valence-corrected chi connectivity index (χ2v) is 5.75. The lowest BCUT2D eigenvalue weighted by molar-refractivity contribution is 0.0685. The van der Waals surface area contributed by atoms with Gasteiger partial charge in [0, 0.05) is 29.0 Å². The molecule has 1 fully saturated rings. The van der Waals surface area contributed by atoms with Crippen molar-refractivity contribution in [1.82, 2.24) is 4.90 Å². The molecule has 1 aromatic carbocycles. The van der Waals surface area contributed by atoms with Crippen LogP contribution in [-0.4, -0.2) is 29.9 Å². The first-order chi connectivity index (χ1) is 9.15. The fourth-order valence-electron chi connectivity index (χ4n) is 2.39. The van der Waals surface area contributed by atoms with Gasteiger partial charge in [-0.15, -0.1) is 0 Å². The molecule has 1 aromatic heterocycles. The van der Waals surface area contributed by atoms with Gasteiger partial charge in [0.25, 0.3) is 5.91 Å². The summed E-state index contributed by atoms with van der Waals surface area (Å²) in [6.45, 7) is 1.41. The topological polar surface area (TPSA) is 59.5 Å². The van der Waals surface area contributed by atoms with Crippen LogP contribution < -0.4 is 5.73 Å². The normalized spacial score (nSPS) is 17.1. The molecule has 1 saturated heterocycles. The van der Waals surface area contributed by atoms with Gasteiger partial charge in [-0.1, -0.05) is 22.0 Å². The van der Waals surface area contributed by atoms with Gasteiger partial charge in [0.1, 0.15) is 5.58 Å². The molecule has 2 N–H and O–H groups in total. The summed E-state index contributed by atoms with van der Waals surface area (Å²) in [6, 6.07) is 7.71. The van der Waals surface area contributed by atoms with E-state index in [-0.39, 0.29) is 11.9 Å². The summed E-state index contributed by atoms with van der Waals surface area (Å²) in [4.78, 5) is 14.2. The quantitative estimate of drug-likeness (QED) is 0.878. The van der Waals surface area contributed by atoms with Crippen molar-refractivity contribution in [3.8, 4) is 0 Å². The number of likely N-dealkylation sites (tertiary alicyclic amines) is 1. The van der Waals surface area contributed by atoms with Crippen molar-refractivity contribution < 1.29 is 9.21 Å². The number of carbonyl (C=O) groups is 1. The van der Waals surface area contributed by atoms with E-state index in [9.17, 15) is 4.79 Å². The van der Waals surface area contributed by atoms with E-state index in [1.54, 1.807) is 6.07 Å². The minimum atomic E-state index is -0.0463. The molecule has 0 saturated carbocycles. The second kappa shape index (κ2) is 4.98. The molecule has 5 heteroatoms. The van der Waals surface area contributed by atoms with Crippen molar-refractivity contribution in [2.75, 3.05) is 13.1 Å². The molecule has 0 radical (unpaired) electrons. The predicted molar refractivity (Wildman–Crippen MR) is 77.0 cm³/mol. The lowest BCUT2D eigenvalue weighted by Gasteiger charge is -2.29. The molecular weight excluding hydrogens is 308 g/mol. The molecule has 2 aromatic rings. The Balaban J connectivity index is 1.87. The van der Waals surface area contributed by atoms with E-state index in [0.717, 1.165) is 28.3 Å². The number of nitrogens with two attached hydrogens (primary N) is 1. The molecule has 2 heterocycles. The molecule has 4 nitrogen and oxygen atoms in total. The average molecular weight is 323 g/mol. The molecule has 0 bridgehead atoms. The van der Waals surface area contributed by atoms with Crippen molar-refractivity contribution in [3.05, 3.63) is 34.5 Å². The average Bonchev–Trinajstić information content (AvgIpc) is 2.84. The Labute approximate surface area is 119 Å². The minimum Gasteiger partial charge on any atom is -0.451 e. The maximum absolute atomic E-state index is 12.4. The van der Waals surface area contributed by atoms with Crippen LogP contribution in [0.1, 0.15) is 23.4 Å². The fraction of sp³-hybridized carbons (Fsp3) is 0.357. The summed E-state index contributed by atoms with van der Waals surface area (Å²) in [5.74, 6) is 0.354. The first kappa shape index (κ1) is 12.7. The van der Waals surface area contributed by atoms with Gasteiger partial charge in [0.2, 0.25) is 0 Å². The van der Waals surface area contributed by atoms with Crippen molar-refractivity contribution in [3.63, 3.8) is 0 Å². The first-order valence-electron chi connectivity index (χ1n) is 6.38. The minimum absolute atomic E-state index is 0.0463. The molecule has 0 unspecified atom stereocenters. The maximum Gasteiger partial charge on any atom is 0.289 e. The number of hydrogen-bond acceptors (Lipinski definition) is 3. The molecule has 100 valence electrons. The zero-order valence-electron chi connectivity index (χ0n) is 10.4. The molecule has 19 heavy (non-hydrogen) atoms. The Morgan fingerprint density at radius 2 is 2.11 bits per heavy atom. The van der Waals surface area contributed by atoms with Gasteiger partial charge in [0.05, 0.1) is 0 Å². The van der Waals surface area contributed by atoms with Crippen molar-refractivity contribution >= 4 is 32.8 Å². The Morgan fingerprint density at radius 3 is 2.79 bits per heavy atom. The summed E-state index contributed by atoms with van der Waals surface area (Å²) in [5.41, 5.74) is 6.58. The van der Waals surface area contributed by atoms with Crippen LogP contribution in [0.2, 0.25) is 0 Å². The number of halogens is 1. The van der Waals surface area contributed by atoms with Gasteiger partial charge in [-0.05, 0) is 31.0 Å². The van der Waals surface area contributed by atoms with Gasteiger partial charge in [0.15, 0.2) is 5.76 Å². The maximum atomic E-state index is 12.4. The van der Waals surface area contributed by atoms with Crippen LogP contribution in [0.5, 0.6) is 0 Å². The summed E-state index contributed by atoms with van der Waals surface area (Å²) in [7, 11) is 0. The SMILES string of the molecule is NC1CCN(C(=O)c2cc3c(Br)cccc3o2)CC1. The van der Waals surface area contributed by atoms with Gasteiger partial charge in [-0.25, -0.2) is 0 Å². The van der Waals surface area contributed by atoms with Crippen LogP contribution in [-0.2, 0) is 0 Å². The highest BCUT2D eigenvalue weighted by atomic mass is 79.9. The van der Waals surface area contributed by atoms with Crippen molar-refractivity contribution in [1.29, 1.82) is 0 Å². The van der Waals surface area contributed by atoms with Crippen molar-refractivity contribution in [2.24, 2.45) is 5.73 Å². The highest BCUT2D eigenvalue weighted by Crippen LogP contribution is 2.27. The Kier molecular flexibility index (Phi) is 3.33. The number of furan rings is 1. The summed E-state index contributed by atoms with van der Waals surface area (Å²) >= 11 is 3.46. The lowest BCUT2D eigenvalue weighted by atomic mass is 10.1. The molecule has 3 rings (SSSR count). The van der Waals surface area contributed by atoms with E-state index in [1.165, 1.54) is 0 Å². The fourth-order valence-corrected chi connectivity index (χ4v) is 2.85. The molecule has 1 aliphatic rings. The lowest BCUT2D eigenvalue weighted by Crippen LogP contribution is -2.42. The van der Waals surface area contributed by atoms with E-state index >= 15 is 0 Å². The number of nitrogens with zero attached hydrogens (tertiary/aromatic N) is 1. The second-order valence-electron chi connectivity index (χ2n) is 4.89. The standard InChI is InChI=1S/C14H15BrN2O2/c15-11-2-1-3-12-10(11)8-13(19-12)14(18)17-6-4-9(16)5-7-17/h1-3,8-9H,4-7,16H2. The third-order valence-electron chi connectivity index (χ3n) is 3.55. The van der Waals surface area contributed by atoms with Crippen LogP contribution in [0.15, 0.2) is 33.2 Å². The van der Waals surface area contributed by atoms with Crippen LogP contribution >= 0.6 is 15.9 Å². The Hall–Kier alpha value is -1.33. The number of carbonyl (C=O) groups excluding carboxylic acids is 1. The summed E-state index contributed by atoms with van der Waals surface area (Å²) in [6.07, 6.45) is 1.71. The highest BCUT2D eigenvalue weighted by molar-refractivity contribution is 9.10. The van der Waals surface area contributed by atoms with E-state index < -0.39 is 0 Å². The van der Waals surface area contributed by atoms with E-state index in [1.807, 2.05) is 23.1 Å². The predicted octanol–water partition coefficient (Wildman–Crippen LogP) is 2.76. The van der Waals surface area contributed by atoms with Gasteiger partial charge >= 0.3 is 0 Å². The summed E-state index contributed by atoms with van der Waals surface area (Å²) < 4.78 is 6.58. The number of benzene rings is 1. The van der Waals surface area contributed by atoms with Crippen molar-refractivity contribution in [2.45, 2.75) is 18.9 Å². The van der Waals surface area contributed by atoms with Gasteiger partial charge < -0.3 is 15.1 Å². The number of piperidine rings is 1. The number of hydrogen-bond donors (Lipinski definition) is 1. The molecular formula is C14H15BrN2O2. The zero-order chi connectivity index (χ0) is 13.4. The molecule has 1 amide bonds.